The maximum atomic E-state index is 13.4. The van der Waals surface area contributed by atoms with Gasteiger partial charge in [-0.1, -0.05) is 41.5 Å². The van der Waals surface area contributed by atoms with Gasteiger partial charge in [0, 0.05) is 31.6 Å². The summed E-state index contributed by atoms with van der Waals surface area (Å²) >= 11 is 0. The highest BCUT2D eigenvalue weighted by atomic mass is 33.1. The van der Waals surface area contributed by atoms with Crippen LogP contribution in [0, 0.1) is 5.92 Å². The van der Waals surface area contributed by atoms with E-state index < -0.39 is 60.4 Å². The number of methoxy groups -OCH3 is 1. The van der Waals surface area contributed by atoms with Gasteiger partial charge in [0.15, 0.2) is 0 Å². The molecule has 13 nitrogen and oxygen atoms in total. The third-order valence-electron chi connectivity index (χ3n) is 5.93. The molecule has 2 aliphatic heterocycles. The van der Waals surface area contributed by atoms with E-state index in [1.54, 1.807) is 26.0 Å². The third kappa shape index (κ3) is 12.2. The molecule has 0 aromatic heterocycles. The van der Waals surface area contributed by atoms with E-state index in [9.17, 15) is 28.8 Å². The molecule has 2 aliphatic rings. The van der Waals surface area contributed by atoms with Crippen LogP contribution in [0.25, 0.3) is 0 Å². The molecule has 224 valence electrons. The van der Waals surface area contributed by atoms with Gasteiger partial charge in [-0.05, 0) is 24.8 Å². The molecule has 5 N–H and O–H groups in total. The molecular formula is C25H39N5O8S2. The molecule has 0 radical (unpaired) electrons. The SMILES string of the molecule is COCCNC(=O)CC[C@H]1NC(=O)C[C@H]2/C=C/CCSSC[C@H](NC1=O)C(=O)N[C@H](C(C)C)C(=O)NCC(=O)O2. The second-order valence-electron chi connectivity index (χ2n) is 9.57. The Morgan fingerprint density at radius 2 is 1.88 bits per heavy atom. The van der Waals surface area contributed by atoms with Crippen LogP contribution in [0.4, 0.5) is 0 Å². The average molecular weight is 602 g/mol. The van der Waals surface area contributed by atoms with Gasteiger partial charge in [0.2, 0.25) is 29.5 Å². The first-order valence-electron chi connectivity index (χ1n) is 13.1. The van der Waals surface area contributed by atoms with Gasteiger partial charge in [0.25, 0.3) is 0 Å². The van der Waals surface area contributed by atoms with Crippen molar-refractivity contribution < 1.29 is 38.2 Å². The second-order valence-corrected chi connectivity index (χ2v) is 12.2. The van der Waals surface area contributed by atoms with Gasteiger partial charge in [-0.3, -0.25) is 28.8 Å². The first kappa shape index (κ1) is 33.4. The van der Waals surface area contributed by atoms with Crippen LogP contribution in [0.2, 0.25) is 0 Å². The van der Waals surface area contributed by atoms with Gasteiger partial charge in [-0.2, -0.15) is 0 Å². The van der Waals surface area contributed by atoms with Gasteiger partial charge in [0.05, 0.1) is 13.0 Å². The molecule has 0 unspecified atom stereocenters. The van der Waals surface area contributed by atoms with E-state index in [1.165, 1.54) is 28.7 Å². The van der Waals surface area contributed by atoms with Crippen molar-refractivity contribution in [2.75, 3.05) is 38.3 Å². The summed E-state index contributed by atoms with van der Waals surface area (Å²) in [5.74, 6) is -2.95. The minimum Gasteiger partial charge on any atom is -0.456 e. The zero-order valence-electron chi connectivity index (χ0n) is 23.0. The lowest BCUT2D eigenvalue weighted by molar-refractivity contribution is -0.148. The topological polar surface area (TPSA) is 181 Å². The highest BCUT2D eigenvalue weighted by Crippen LogP contribution is 2.23. The van der Waals surface area contributed by atoms with E-state index in [1.807, 2.05) is 0 Å². The Labute approximate surface area is 241 Å². The number of allylic oxidation sites excluding steroid dienone is 1. The van der Waals surface area contributed by atoms with Gasteiger partial charge in [-0.15, -0.1) is 0 Å². The summed E-state index contributed by atoms with van der Waals surface area (Å²) in [6.45, 7) is 3.65. The molecule has 5 amide bonds. The highest BCUT2D eigenvalue weighted by molar-refractivity contribution is 8.76. The van der Waals surface area contributed by atoms with Crippen molar-refractivity contribution in [2.24, 2.45) is 5.92 Å². The average Bonchev–Trinajstić information content (AvgIpc) is 2.90. The predicted octanol–water partition coefficient (Wildman–Crippen LogP) is -0.587. The monoisotopic (exact) mass is 601 g/mol. The van der Waals surface area contributed by atoms with Crippen molar-refractivity contribution in [1.29, 1.82) is 0 Å². The zero-order valence-corrected chi connectivity index (χ0v) is 24.6. The fourth-order valence-corrected chi connectivity index (χ4v) is 5.93. The minimum atomic E-state index is -1.14. The second kappa shape index (κ2) is 17.8. The fraction of sp³-hybridized carbons (Fsp3) is 0.680. The van der Waals surface area contributed by atoms with Crippen LogP contribution < -0.4 is 26.6 Å². The lowest BCUT2D eigenvalue weighted by Crippen LogP contribution is -2.59. The Bertz CT molecular complexity index is 948. The summed E-state index contributed by atoms with van der Waals surface area (Å²) in [5.41, 5.74) is 0. The van der Waals surface area contributed by atoms with Crippen molar-refractivity contribution in [2.45, 2.75) is 63.8 Å². The molecule has 1 fully saturated rings. The van der Waals surface area contributed by atoms with Gasteiger partial charge >= 0.3 is 5.97 Å². The van der Waals surface area contributed by atoms with Crippen molar-refractivity contribution in [3.05, 3.63) is 12.2 Å². The van der Waals surface area contributed by atoms with E-state index in [0.29, 0.717) is 25.3 Å². The smallest absolute Gasteiger partial charge is 0.326 e. The molecule has 0 aromatic rings. The molecule has 4 atom stereocenters. The van der Waals surface area contributed by atoms with Crippen molar-refractivity contribution in [1.82, 2.24) is 26.6 Å². The predicted molar refractivity (Wildman–Crippen MR) is 151 cm³/mol. The zero-order chi connectivity index (χ0) is 29.5. The van der Waals surface area contributed by atoms with Crippen LogP contribution >= 0.6 is 21.6 Å². The fourth-order valence-electron chi connectivity index (χ4n) is 3.77. The van der Waals surface area contributed by atoms with Crippen molar-refractivity contribution in [3.8, 4) is 0 Å². The molecule has 0 aliphatic carbocycles. The summed E-state index contributed by atoms with van der Waals surface area (Å²) in [6, 6.07) is -3.14. The van der Waals surface area contributed by atoms with Crippen LogP contribution in [-0.2, 0) is 38.2 Å². The summed E-state index contributed by atoms with van der Waals surface area (Å²) in [7, 11) is 4.38. The van der Waals surface area contributed by atoms with Crippen molar-refractivity contribution in [3.63, 3.8) is 0 Å². The number of carbonyl (C=O) groups excluding carboxylic acids is 6. The number of esters is 1. The molecule has 0 saturated carbocycles. The summed E-state index contributed by atoms with van der Waals surface area (Å²) in [6.07, 6.45) is 2.69. The molecule has 2 heterocycles. The standard InChI is InChI=1S/C25H39N5O8S2/c1-15(2)22-25(36)27-13-21(33)38-16-6-4-5-11-39-40-14-18(24(35)30-22)29-23(34)17(28-20(32)12-16)7-8-19(31)26-9-10-37-3/h4,6,15-18,22H,5,7-14H2,1-3H3,(H,26,31)(H,27,36)(H,28,32)(H,29,34)(H,30,35)/b6-4+/t16-,17-,18+,22-/m1/s1. The number of hydrogen-bond donors (Lipinski definition) is 5. The first-order valence-corrected chi connectivity index (χ1v) is 15.6. The Balaban J connectivity index is 2.38. The van der Waals surface area contributed by atoms with Crippen molar-refractivity contribution >= 4 is 57.1 Å². The number of amides is 5. The minimum absolute atomic E-state index is 0.0378. The maximum absolute atomic E-state index is 13.4. The number of rotatable bonds is 7. The lowest BCUT2D eigenvalue weighted by atomic mass is 10.0. The Morgan fingerprint density at radius 1 is 1.10 bits per heavy atom. The number of fused-ring (bicyclic) bond motifs is 7. The molecule has 40 heavy (non-hydrogen) atoms. The van der Waals surface area contributed by atoms with Crippen LogP contribution in [0.5, 0.6) is 0 Å². The maximum Gasteiger partial charge on any atom is 0.326 e. The lowest BCUT2D eigenvalue weighted by Gasteiger charge is -2.27. The highest BCUT2D eigenvalue weighted by Gasteiger charge is 2.32. The number of carbonyl (C=O) groups is 6. The van der Waals surface area contributed by atoms with Crippen LogP contribution in [0.15, 0.2) is 12.2 Å². The number of hydrogen-bond acceptors (Lipinski definition) is 10. The van der Waals surface area contributed by atoms with Crippen LogP contribution in [0.3, 0.4) is 0 Å². The summed E-state index contributed by atoms with van der Waals surface area (Å²) in [4.78, 5) is 77.2. The molecule has 1 saturated heterocycles. The van der Waals surface area contributed by atoms with E-state index in [-0.39, 0.29) is 36.8 Å². The molecule has 15 heteroatoms. The number of nitrogens with one attached hydrogen (secondary N) is 5. The van der Waals surface area contributed by atoms with E-state index in [4.69, 9.17) is 9.47 Å². The number of ether oxygens (including phenoxy) is 2. The molecule has 0 aromatic carbocycles. The first-order chi connectivity index (χ1) is 19.1. The van der Waals surface area contributed by atoms with Gasteiger partial charge in [0.1, 0.15) is 30.8 Å². The third-order valence-corrected chi connectivity index (χ3v) is 8.38. The molecular weight excluding hydrogens is 562 g/mol. The van der Waals surface area contributed by atoms with Gasteiger partial charge < -0.3 is 36.1 Å². The van der Waals surface area contributed by atoms with E-state index in [0.717, 1.165) is 0 Å². The summed E-state index contributed by atoms with van der Waals surface area (Å²) < 4.78 is 10.4. The summed E-state index contributed by atoms with van der Waals surface area (Å²) in [5, 5.41) is 13.1. The Kier molecular flexibility index (Phi) is 14.9. The van der Waals surface area contributed by atoms with Gasteiger partial charge in [-0.25, -0.2) is 0 Å². The molecule has 0 spiro atoms. The van der Waals surface area contributed by atoms with E-state index in [2.05, 4.69) is 26.6 Å². The Hall–Kier alpha value is -2.78. The largest absolute Gasteiger partial charge is 0.456 e. The van der Waals surface area contributed by atoms with Crippen LogP contribution in [0.1, 0.15) is 39.5 Å². The Morgan fingerprint density at radius 3 is 2.60 bits per heavy atom. The quantitative estimate of drug-likeness (QED) is 0.110. The van der Waals surface area contributed by atoms with Crippen LogP contribution in [-0.4, -0.2) is 98.0 Å². The normalized spacial score (nSPS) is 26.4. The molecule has 2 rings (SSSR count). The van der Waals surface area contributed by atoms with E-state index >= 15 is 0 Å². The molecule has 2 bridgehead atoms.